The lowest BCUT2D eigenvalue weighted by Gasteiger charge is -2.26. The molecule has 0 fully saturated rings. The van der Waals surface area contributed by atoms with Gasteiger partial charge in [-0.2, -0.15) is 0 Å². The van der Waals surface area contributed by atoms with Crippen molar-refractivity contribution in [2.24, 2.45) is 0 Å². The molecule has 0 saturated heterocycles. The molecule has 0 aliphatic carbocycles. The number of hydrogen-bond donors (Lipinski definition) is 2. The van der Waals surface area contributed by atoms with E-state index in [0.29, 0.717) is 29.6 Å². The molecule has 7 heteroatoms. The molecule has 2 rings (SSSR count). The molecular formula is C17H23N3O4. The van der Waals surface area contributed by atoms with Crippen LogP contribution in [0, 0.1) is 6.92 Å². The fourth-order valence-electron chi connectivity index (χ4n) is 2.24. The Hall–Kier alpha value is -2.70. The lowest BCUT2D eigenvalue weighted by atomic mass is 9.84. The second kappa shape index (κ2) is 7.25. The third-order valence-electron chi connectivity index (χ3n) is 3.72. The van der Waals surface area contributed by atoms with Gasteiger partial charge in [0.2, 0.25) is 5.88 Å². The highest BCUT2D eigenvalue weighted by Crippen LogP contribution is 2.32. The van der Waals surface area contributed by atoms with Crippen LogP contribution in [0.25, 0.3) is 0 Å². The first-order chi connectivity index (χ1) is 11.4. The number of aromatic nitrogens is 1. The van der Waals surface area contributed by atoms with E-state index in [0.717, 1.165) is 5.56 Å². The first kappa shape index (κ1) is 17.7. The smallest absolute Gasteiger partial charge is 0.321 e. The zero-order chi connectivity index (χ0) is 17.7. The van der Waals surface area contributed by atoms with Crippen LogP contribution in [-0.4, -0.2) is 32.0 Å². The van der Waals surface area contributed by atoms with Gasteiger partial charge in [0.25, 0.3) is 0 Å². The van der Waals surface area contributed by atoms with E-state index in [4.69, 9.17) is 14.0 Å². The van der Waals surface area contributed by atoms with Gasteiger partial charge in [0.05, 0.1) is 19.9 Å². The molecule has 0 spiro atoms. The van der Waals surface area contributed by atoms with Crippen LogP contribution in [0.15, 0.2) is 28.8 Å². The molecule has 24 heavy (non-hydrogen) atoms. The molecule has 1 aromatic carbocycles. The topological polar surface area (TPSA) is 85.6 Å². The Morgan fingerprint density at radius 3 is 2.50 bits per heavy atom. The number of urea groups is 1. The van der Waals surface area contributed by atoms with Crippen LogP contribution >= 0.6 is 0 Å². The van der Waals surface area contributed by atoms with Gasteiger partial charge in [-0.05, 0) is 24.6 Å². The SMILES string of the molecule is COc1ccc(C(C)(C)CNC(=O)Nc2cc(C)no2)cc1OC. The lowest BCUT2D eigenvalue weighted by molar-refractivity contribution is 0.248. The maximum Gasteiger partial charge on any atom is 0.321 e. The Bertz CT molecular complexity index is 710. The van der Waals surface area contributed by atoms with Crippen molar-refractivity contribution in [2.45, 2.75) is 26.2 Å². The molecule has 2 aromatic rings. The maximum absolute atomic E-state index is 12.0. The summed E-state index contributed by atoms with van der Waals surface area (Å²) in [5, 5.41) is 9.16. The van der Waals surface area contributed by atoms with E-state index in [-0.39, 0.29) is 11.4 Å². The van der Waals surface area contributed by atoms with Crippen LogP contribution < -0.4 is 20.1 Å². The zero-order valence-electron chi connectivity index (χ0n) is 14.6. The summed E-state index contributed by atoms with van der Waals surface area (Å²) in [7, 11) is 3.19. The van der Waals surface area contributed by atoms with Crippen molar-refractivity contribution in [3.63, 3.8) is 0 Å². The maximum atomic E-state index is 12.0. The summed E-state index contributed by atoms with van der Waals surface area (Å²) in [6.07, 6.45) is 0. The molecular weight excluding hydrogens is 310 g/mol. The van der Waals surface area contributed by atoms with E-state index >= 15 is 0 Å². The van der Waals surface area contributed by atoms with Gasteiger partial charge < -0.3 is 19.3 Å². The Morgan fingerprint density at radius 1 is 1.21 bits per heavy atom. The van der Waals surface area contributed by atoms with Crippen LogP contribution in [0.1, 0.15) is 25.1 Å². The summed E-state index contributed by atoms with van der Waals surface area (Å²) in [6.45, 7) is 6.29. The number of hydrogen-bond acceptors (Lipinski definition) is 5. The van der Waals surface area contributed by atoms with Crippen molar-refractivity contribution < 1.29 is 18.8 Å². The van der Waals surface area contributed by atoms with Gasteiger partial charge in [-0.1, -0.05) is 25.1 Å². The van der Waals surface area contributed by atoms with E-state index in [9.17, 15) is 4.79 Å². The number of methoxy groups -OCH3 is 2. The first-order valence-electron chi connectivity index (χ1n) is 7.56. The fraction of sp³-hybridized carbons (Fsp3) is 0.412. The summed E-state index contributed by atoms with van der Waals surface area (Å²) in [5.74, 6) is 1.64. The zero-order valence-corrected chi connectivity index (χ0v) is 14.6. The van der Waals surface area contributed by atoms with E-state index in [2.05, 4.69) is 15.8 Å². The van der Waals surface area contributed by atoms with Gasteiger partial charge in [-0.15, -0.1) is 0 Å². The molecule has 2 amide bonds. The Morgan fingerprint density at radius 2 is 1.92 bits per heavy atom. The number of ether oxygens (including phenoxy) is 2. The van der Waals surface area contributed by atoms with Gasteiger partial charge in [0, 0.05) is 18.0 Å². The van der Waals surface area contributed by atoms with Gasteiger partial charge in [0.1, 0.15) is 0 Å². The molecule has 130 valence electrons. The van der Waals surface area contributed by atoms with Gasteiger partial charge in [-0.3, -0.25) is 5.32 Å². The standard InChI is InChI=1S/C17H23N3O4/c1-11-8-15(24-20-11)19-16(21)18-10-17(2,3)12-6-7-13(22-4)14(9-12)23-5/h6-9H,10H2,1-5H3,(H2,18,19,21). The third kappa shape index (κ3) is 4.18. The van der Waals surface area contributed by atoms with Crippen molar-refractivity contribution in [1.29, 1.82) is 0 Å². The molecule has 7 nitrogen and oxygen atoms in total. The molecule has 1 aromatic heterocycles. The van der Waals surface area contributed by atoms with Crippen LogP contribution in [0.2, 0.25) is 0 Å². The Kier molecular flexibility index (Phi) is 5.33. The summed E-state index contributed by atoms with van der Waals surface area (Å²) in [4.78, 5) is 12.0. The van der Waals surface area contributed by atoms with Crippen molar-refractivity contribution >= 4 is 11.9 Å². The van der Waals surface area contributed by atoms with Crippen molar-refractivity contribution in [3.8, 4) is 11.5 Å². The highest BCUT2D eigenvalue weighted by molar-refractivity contribution is 5.87. The van der Waals surface area contributed by atoms with Crippen LogP contribution in [-0.2, 0) is 5.41 Å². The minimum Gasteiger partial charge on any atom is -0.493 e. The number of nitrogens with one attached hydrogen (secondary N) is 2. The number of anilines is 1. The number of amides is 2. The molecule has 0 aliphatic rings. The monoisotopic (exact) mass is 333 g/mol. The molecule has 0 unspecified atom stereocenters. The second-order valence-electron chi connectivity index (χ2n) is 6.09. The van der Waals surface area contributed by atoms with Gasteiger partial charge in [0.15, 0.2) is 11.5 Å². The minimum atomic E-state index is -0.347. The number of benzene rings is 1. The highest BCUT2D eigenvalue weighted by atomic mass is 16.5. The van der Waals surface area contributed by atoms with E-state index < -0.39 is 0 Å². The van der Waals surface area contributed by atoms with Gasteiger partial charge >= 0.3 is 6.03 Å². The number of carbonyl (C=O) groups excluding carboxylic acids is 1. The predicted molar refractivity (Wildman–Crippen MR) is 90.8 cm³/mol. The molecule has 0 radical (unpaired) electrons. The lowest BCUT2D eigenvalue weighted by Crippen LogP contribution is -2.38. The number of carbonyl (C=O) groups is 1. The van der Waals surface area contributed by atoms with Gasteiger partial charge in [-0.25, -0.2) is 4.79 Å². The molecule has 2 N–H and O–H groups in total. The fourth-order valence-corrected chi connectivity index (χ4v) is 2.24. The van der Waals surface area contributed by atoms with Crippen molar-refractivity contribution in [3.05, 3.63) is 35.5 Å². The van der Waals surface area contributed by atoms with Crippen LogP contribution in [0.5, 0.6) is 11.5 Å². The van der Waals surface area contributed by atoms with E-state index in [1.807, 2.05) is 32.0 Å². The molecule has 0 saturated carbocycles. The molecule has 0 aliphatic heterocycles. The van der Waals surface area contributed by atoms with E-state index in [1.54, 1.807) is 27.2 Å². The molecule has 0 bridgehead atoms. The summed E-state index contributed by atoms with van der Waals surface area (Å²) >= 11 is 0. The number of aryl methyl sites for hydroxylation is 1. The summed E-state index contributed by atoms with van der Waals surface area (Å²) < 4.78 is 15.5. The first-order valence-corrected chi connectivity index (χ1v) is 7.56. The molecule has 1 heterocycles. The largest absolute Gasteiger partial charge is 0.493 e. The summed E-state index contributed by atoms with van der Waals surface area (Å²) in [6, 6.07) is 7.03. The highest BCUT2D eigenvalue weighted by Gasteiger charge is 2.23. The van der Waals surface area contributed by atoms with Crippen molar-refractivity contribution in [1.82, 2.24) is 10.5 Å². The van der Waals surface area contributed by atoms with Crippen LogP contribution in [0.3, 0.4) is 0 Å². The second-order valence-corrected chi connectivity index (χ2v) is 6.09. The Balaban J connectivity index is 2.01. The molecule has 0 atom stereocenters. The quantitative estimate of drug-likeness (QED) is 0.848. The average Bonchev–Trinajstić information content (AvgIpc) is 2.97. The number of nitrogens with zero attached hydrogens (tertiary/aromatic N) is 1. The summed E-state index contributed by atoms with van der Waals surface area (Å²) in [5.41, 5.74) is 1.43. The van der Waals surface area contributed by atoms with Crippen molar-refractivity contribution in [2.75, 3.05) is 26.1 Å². The van der Waals surface area contributed by atoms with Crippen LogP contribution in [0.4, 0.5) is 10.7 Å². The number of rotatable bonds is 6. The van der Waals surface area contributed by atoms with E-state index in [1.165, 1.54) is 0 Å². The average molecular weight is 333 g/mol. The minimum absolute atomic E-state index is 0.297. The Labute approximate surface area is 141 Å². The normalized spacial score (nSPS) is 11.0. The predicted octanol–water partition coefficient (Wildman–Crippen LogP) is 3.10. The third-order valence-corrected chi connectivity index (χ3v) is 3.72.